The van der Waals surface area contributed by atoms with Gasteiger partial charge in [0.25, 0.3) is 5.91 Å². The van der Waals surface area contributed by atoms with Crippen LogP contribution in [-0.2, 0) is 11.2 Å². The molecule has 0 spiro atoms. The largest absolute Gasteiger partial charge is 0.355 e. The molecule has 1 aromatic carbocycles. The fourth-order valence-electron chi connectivity index (χ4n) is 1.81. The maximum atomic E-state index is 11.9. The molecule has 0 saturated carbocycles. The minimum atomic E-state index is -0.190. The first kappa shape index (κ1) is 14.3. The van der Waals surface area contributed by atoms with Gasteiger partial charge in [-0.15, -0.1) is 11.3 Å². The molecule has 0 fully saturated rings. The van der Waals surface area contributed by atoms with E-state index in [1.54, 1.807) is 18.5 Å². The Labute approximate surface area is 121 Å². The zero-order valence-corrected chi connectivity index (χ0v) is 12.0. The Hall–Kier alpha value is -2.14. The Morgan fingerprint density at radius 3 is 2.60 bits per heavy atom. The predicted octanol–water partition coefficient (Wildman–Crippen LogP) is 2.68. The zero-order chi connectivity index (χ0) is 14.4. The fourth-order valence-corrected chi connectivity index (χ4v) is 2.61. The monoisotopic (exact) mass is 288 g/mol. The van der Waals surface area contributed by atoms with Gasteiger partial charge in [-0.05, 0) is 23.4 Å². The van der Waals surface area contributed by atoms with Crippen molar-refractivity contribution in [1.82, 2.24) is 5.32 Å². The Morgan fingerprint density at radius 2 is 1.90 bits per heavy atom. The average Bonchev–Trinajstić information content (AvgIpc) is 2.93. The van der Waals surface area contributed by atoms with Crippen LogP contribution in [0.3, 0.4) is 0 Å². The maximum absolute atomic E-state index is 11.9. The van der Waals surface area contributed by atoms with Crippen molar-refractivity contribution in [2.45, 2.75) is 12.8 Å². The Morgan fingerprint density at radius 1 is 1.15 bits per heavy atom. The van der Waals surface area contributed by atoms with Crippen LogP contribution < -0.4 is 10.6 Å². The summed E-state index contributed by atoms with van der Waals surface area (Å²) in [6.07, 6.45) is 1.09. The molecule has 104 valence electrons. The van der Waals surface area contributed by atoms with Crippen molar-refractivity contribution in [3.63, 3.8) is 0 Å². The summed E-state index contributed by atoms with van der Waals surface area (Å²) in [6.45, 7) is 0. The third-order valence-corrected chi connectivity index (χ3v) is 3.70. The quantitative estimate of drug-likeness (QED) is 0.888. The minimum Gasteiger partial charge on any atom is -0.355 e. The Balaban J connectivity index is 1.92. The van der Waals surface area contributed by atoms with E-state index in [1.165, 1.54) is 11.3 Å². The van der Waals surface area contributed by atoms with Gasteiger partial charge in [0.05, 0.1) is 5.56 Å². The average molecular weight is 288 g/mol. The molecule has 0 aliphatic rings. The number of hydrogen-bond donors (Lipinski definition) is 2. The van der Waals surface area contributed by atoms with Gasteiger partial charge in [-0.1, -0.05) is 30.3 Å². The lowest BCUT2D eigenvalue weighted by Gasteiger charge is -2.05. The van der Waals surface area contributed by atoms with Crippen molar-refractivity contribution >= 4 is 28.2 Å². The van der Waals surface area contributed by atoms with E-state index < -0.39 is 0 Å². The highest BCUT2D eigenvalue weighted by Crippen LogP contribution is 2.23. The molecular weight excluding hydrogens is 272 g/mol. The molecule has 0 unspecified atom stereocenters. The summed E-state index contributed by atoms with van der Waals surface area (Å²) in [5.74, 6) is -0.272. The maximum Gasteiger partial charge on any atom is 0.254 e. The van der Waals surface area contributed by atoms with E-state index in [-0.39, 0.29) is 11.8 Å². The molecule has 20 heavy (non-hydrogen) atoms. The van der Waals surface area contributed by atoms with E-state index in [0.29, 0.717) is 23.4 Å². The van der Waals surface area contributed by atoms with Gasteiger partial charge in [-0.25, -0.2) is 0 Å². The molecule has 0 bridgehead atoms. The van der Waals surface area contributed by atoms with Gasteiger partial charge in [0.15, 0.2) is 0 Å². The summed E-state index contributed by atoms with van der Waals surface area (Å²) in [5.41, 5.74) is 1.63. The second kappa shape index (κ2) is 6.86. The summed E-state index contributed by atoms with van der Waals surface area (Å²) in [7, 11) is 1.57. The van der Waals surface area contributed by atoms with E-state index in [1.807, 2.05) is 30.3 Å². The molecule has 2 amide bonds. The van der Waals surface area contributed by atoms with Crippen LogP contribution in [0.15, 0.2) is 41.8 Å². The fraction of sp³-hybridized carbons (Fsp3) is 0.200. The first-order valence-corrected chi connectivity index (χ1v) is 7.22. The molecule has 2 aromatic rings. The first-order chi connectivity index (χ1) is 9.70. The SMILES string of the molecule is CNC(=O)c1ccsc1NC(=O)CCc1ccccc1. The van der Waals surface area contributed by atoms with Crippen LogP contribution in [0.25, 0.3) is 0 Å². The lowest BCUT2D eigenvalue weighted by atomic mass is 10.1. The Kier molecular flexibility index (Phi) is 4.90. The van der Waals surface area contributed by atoms with E-state index in [0.717, 1.165) is 5.56 Å². The molecule has 0 aliphatic heterocycles. The topological polar surface area (TPSA) is 58.2 Å². The van der Waals surface area contributed by atoms with Crippen LogP contribution in [-0.4, -0.2) is 18.9 Å². The van der Waals surface area contributed by atoms with Gasteiger partial charge in [0, 0.05) is 13.5 Å². The number of aryl methyl sites for hydroxylation is 1. The van der Waals surface area contributed by atoms with Gasteiger partial charge < -0.3 is 10.6 Å². The normalized spacial score (nSPS) is 10.1. The van der Waals surface area contributed by atoms with E-state index in [4.69, 9.17) is 0 Å². The first-order valence-electron chi connectivity index (χ1n) is 6.34. The number of carbonyl (C=O) groups is 2. The molecule has 2 rings (SSSR count). The third kappa shape index (κ3) is 3.68. The summed E-state index contributed by atoms with van der Waals surface area (Å²) in [5, 5.41) is 7.74. The van der Waals surface area contributed by atoms with Gasteiger partial charge in [0.1, 0.15) is 5.00 Å². The van der Waals surface area contributed by atoms with Crippen molar-refractivity contribution < 1.29 is 9.59 Å². The number of rotatable bonds is 5. The lowest BCUT2D eigenvalue weighted by Crippen LogP contribution is -2.20. The molecule has 0 aliphatic carbocycles. The highest BCUT2D eigenvalue weighted by atomic mass is 32.1. The zero-order valence-electron chi connectivity index (χ0n) is 11.2. The van der Waals surface area contributed by atoms with Crippen molar-refractivity contribution in [2.24, 2.45) is 0 Å². The molecular formula is C15H16N2O2S. The summed E-state index contributed by atoms with van der Waals surface area (Å²) in [6, 6.07) is 11.6. The number of benzene rings is 1. The smallest absolute Gasteiger partial charge is 0.254 e. The number of amides is 2. The van der Waals surface area contributed by atoms with Crippen molar-refractivity contribution in [1.29, 1.82) is 0 Å². The highest BCUT2D eigenvalue weighted by Gasteiger charge is 2.13. The minimum absolute atomic E-state index is 0.0820. The predicted molar refractivity (Wildman–Crippen MR) is 81.1 cm³/mol. The standard InChI is InChI=1S/C15H16N2O2S/c1-16-14(19)12-9-10-20-15(12)17-13(18)8-7-11-5-3-2-4-6-11/h2-6,9-10H,7-8H2,1H3,(H,16,19)(H,17,18). The van der Waals surface area contributed by atoms with E-state index in [9.17, 15) is 9.59 Å². The summed E-state index contributed by atoms with van der Waals surface area (Å²) in [4.78, 5) is 23.5. The van der Waals surface area contributed by atoms with Crippen LogP contribution in [0.4, 0.5) is 5.00 Å². The summed E-state index contributed by atoms with van der Waals surface area (Å²) < 4.78 is 0. The van der Waals surface area contributed by atoms with Gasteiger partial charge >= 0.3 is 0 Å². The second-order valence-electron chi connectivity index (χ2n) is 4.28. The van der Waals surface area contributed by atoms with Crippen LogP contribution in [0.5, 0.6) is 0 Å². The third-order valence-electron chi connectivity index (χ3n) is 2.87. The molecule has 0 atom stereocenters. The Bertz CT molecular complexity index is 593. The number of anilines is 1. The molecule has 1 aromatic heterocycles. The van der Waals surface area contributed by atoms with Crippen LogP contribution in [0.2, 0.25) is 0 Å². The summed E-state index contributed by atoms with van der Waals surface area (Å²) >= 11 is 1.35. The number of hydrogen-bond acceptors (Lipinski definition) is 3. The molecule has 4 nitrogen and oxygen atoms in total. The van der Waals surface area contributed by atoms with Crippen molar-refractivity contribution in [3.8, 4) is 0 Å². The number of thiophene rings is 1. The van der Waals surface area contributed by atoms with Crippen molar-refractivity contribution in [2.75, 3.05) is 12.4 Å². The molecule has 0 saturated heterocycles. The van der Waals surface area contributed by atoms with Gasteiger partial charge in [0.2, 0.25) is 5.91 Å². The molecule has 5 heteroatoms. The highest BCUT2D eigenvalue weighted by molar-refractivity contribution is 7.14. The van der Waals surface area contributed by atoms with Crippen LogP contribution in [0.1, 0.15) is 22.3 Å². The molecule has 2 N–H and O–H groups in total. The van der Waals surface area contributed by atoms with Crippen LogP contribution in [0, 0.1) is 0 Å². The molecule has 1 heterocycles. The number of carbonyl (C=O) groups excluding carboxylic acids is 2. The number of nitrogens with one attached hydrogen (secondary N) is 2. The van der Waals surface area contributed by atoms with E-state index >= 15 is 0 Å². The van der Waals surface area contributed by atoms with E-state index in [2.05, 4.69) is 10.6 Å². The second-order valence-corrected chi connectivity index (χ2v) is 5.19. The lowest BCUT2D eigenvalue weighted by molar-refractivity contribution is -0.116. The van der Waals surface area contributed by atoms with Gasteiger partial charge in [-0.2, -0.15) is 0 Å². The van der Waals surface area contributed by atoms with Gasteiger partial charge in [-0.3, -0.25) is 9.59 Å². The van der Waals surface area contributed by atoms with Crippen LogP contribution >= 0.6 is 11.3 Å². The molecule has 0 radical (unpaired) electrons. The van der Waals surface area contributed by atoms with Crippen molar-refractivity contribution in [3.05, 3.63) is 52.9 Å².